The molecule has 0 radical (unpaired) electrons. The average molecular weight is 447 g/mol. The predicted octanol–water partition coefficient (Wildman–Crippen LogP) is 4.62. The predicted molar refractivity (Wildman–Crippen MR) is 132 cm³/mol. The minimum Gasteiger partial charge on any atom is -0.369 e. The Morgan fingerprint density at radius 2 is 1.68 bits per heavy atom. The Hall–Kier alpha value is -2.15. The van der Waals surface area contributed by atoms with Gasteiger partial charge in [0.2, 0.25) is 5.91 Å². The first kappa shape index (κ1) is 25.1. The number of carbonyl (C=O) groups excluding carboxylic acids is 2. The Bertz CT molecular complexity index is 780. The van der Waals surface area contributed by atoms with Gasteiger partial charge in [-0.25, -0.2) is 0 Å². The highest BCUT2D eigenvalue weighted by Gasteiger charge is 2.29. The van der Waals surface area contributed by atoms with Crippen LogP contribution in [0.25, 0.3) is 0 Å². The average Bonchev–Trinajstić information content (AvgIpc) is 3.49. The van der Waals surface area contributed by atoms with E-state index in [0.717, 1.165) is 42.9 Å². The topological polar surface area (TPSA) is 73.5 Å². The number of nitrogens with one attached hydrogen (secondary N) is 3. The SMILES string of the molecule is CC(=O)CC(C)c1ccc(N(CC(C)C)CC(C)C)c(NC(=S)NNC(=O)C2CC2)c1. The van der Waals surface area contributed by atoms with Crippen molar-refractivity contribution in [1.82, 2.24) is 10.9 Å². The van der Waals surface area contributed by atoms with E-state index < -0.39 is 0 Å². The van der Waals surface area contributed by atoms with E-state index in [1.165, 1.54) is 0 Å². The molecule has 1 amide bonds. The zero-order valence-corrected chi connectivity index (χ0v) is 20.6. The summed E-state index contributed by atoms with van der Waals surface area (Å²) < 4.78 is 0. The zero-order chi connectivity index (χ0) is 23.1. The summed E-state index contributed by atoms with van der Waals surface area (Å²) in [4.78, 5) is 25.9. The molecule has 1 aromatic carbocycles. The Morgan fingerprint density at radius 3 is 2.19 bits per heavy atom. The Labute approximate surface area is 192 Å². The second-order valence-electron chi connectivity index (χ2n) is 9.62. The summed E-state index contributed by atoms with van der Waals surface area (Å²) in [6, 6.07) is 6.30. The van der Waals surface area contributed by atoms with Crippen molar-refractivity contribution in [3.63, 3.8) is 0 Å². The highest BCUT2D eigenvalue weighted by Crippen LogP contribution is 2.32. The summed E-state index contributed by atoms with van der Waals surface area (Å²) in [6.07, 6.45) is 2.38. The minimum absolute atomic E-state index is 0.0190. The third-order valence-corrected chi connectivity index (χ3v) is 5.39. The first-order valence-electron chi connectivity index (χ1n) is 11.3. The summed E-state index contributed by atoms with van der Waals surface area (Å²) in [5.41, 5.74) is 8.55. The second-order valence-corrected chi connectivity index (χ2v) is 10.0. The van der Waals surface area contributed by atoms with Gasteiger partial charge in [-0.05, 0) is 67.4 Å². The largest absolute Gasteiger partial charge is 0.369 e. The van der Waals surface area contributed by atoms with Crippen LogP contribution >= 0.6 is 12.2 Å². The number of amides is 1. The highest BCUT2D eigenvalue weighted by molar-refractivity contribution is 7.80. The number of nitrogens with zero attached hydrogens (tertiary/aromatic N) is 1. The van der Waals surface area contributed by atoms with Crippen molar-refractivity contribution in [2.75, 3.05) is 23.3 Å². The number of hydrogen-bond donors (Lipinski definition) is 3. The van der Waals surface area contributed by atoms with Crippen molar-refractivity contribution in [2.24, 2.45) is 17.8 Å². The molecule has 0 aromatic heterocycles. The number of thiocarbonyl (C=S) groups is 1. The van der Waals surface area contributed by atoms with E-state index in [4.69, 9.17) is 12.2 Å². The summed E-state index contributed by atoms with van der Waals surface area (Å²) in [7, 11) is 0. The minimum atomic E-state index is -0.0190. The molecule has 7 heteroatoms. The first-order chi connectivity index (χ1) is 14.6. The number of anilines is 2. The molecule has 0 saturated heterocycles. The maximum absolute atomic E-state index is 11.9. The van der Waals surface area contributed by atoms with Gasteiger partial charge < -0.3 is 15.0 Å². The molecule has 0 aliphatic heterocycles. The van der Waals surface area contributed by atoms with E-state index in [1.54, 1.807) is 6.92 Å². The summed E-state index contributed by atoms with van der Waals surface area (Å²) in [5, 5.41) is 3.63. The highest BCUT2D eigenvalue weighted by atomic mass is 32.1. The van der Waals surface area contributed by atoms with E-state index in [0.29, 0.717) is 23.4 Å². The third-order valence-electron chi connectivity index (χ3n) is 5.19. The molecular weight excluding hydrogens is 408 g/mol. The van der Waals surface area contributed by atoms with Gasteiger partial charge in [0.05, 0.1) is 11.4 Å². The maximum atomic E-state index is 11.9. The molecule has 1 saturated carbocycles. The monoisotopic (exact) mass is 446 g/mol. The number of carbonyl (C=O) groups is 2. The molecule has 1 aliphatic rings. The lowest BCUT2D eigenvalue weighted by atomic mass is 9.95. The molecule has 0 heterocycles. The Balaban J connectivity index is 2.27. The third kappa shape index (κ3) is 8.48. The van der Waals surface area contributed by atoms with Gasteiger partial charge in [0.25, 0.3) is 0 Å². The maximum Gasteiger partial charge on any atom is 0.241 e. The first-order valence-corrected chi connectivity index (χ1v) is 11.7. The molecule has 1 unspecified atom stereocenters. The zero-order valence-electron chi connectivity index (χ0n) is 19.7. The molecule has 1 aromatic rings. The van der Waals surface area contributed by atoms with Crippen LogP contribution in [0, 0.1) is 17.8 Å². The number of hydrogen-bond acceptors (Lipinski definition) is 4. The van der Waals surface area contributed by atoms with Gasteiger partial charge in [0.15, 0.2) is 5.11 Å². The molecule has 1 atom stereocenters. The normalized spacial score (nSPS) is 14.3. The summed E-state index contributed by atoms with van der Waals surface area (Å²) in [6.45, 7) is 14.4. The standard InChI is InChI=1S/C24H38N4O2S/c1-15(2)13-28(14-16(3)4)22-10-9-20(17(5)11-18(6)29)12-21(22)25-24(31)27-26-23(30)19-7-8-19/h9-10,12,15-17,19H,7-8,11,13-14H2,1-6H3,(H,26,30)(H2,25,27,31). The van der Waals surface area contributed by atoms with Gasteiger partial charge in [-0.15, -0.1) is 0 Å². The van der Waals surface area contributed by atoms with Crippen LogP contribution in [-0.4, -0.2) is 29.9 Å². The van der Waals surface area contributed by atoms with Crippen molar-refractivity contribution in [2.45, 2.75) is 66.7 Å². The van der Waals surface area contributed by atoms with Gasteiger partial charge >= 0.3 is 0 Å². The fraction of sp³-hybridized carbons (Fsp3) is 0.625. The molecular formula is C24H38N4O2S. The lowest BCUT2D eigenvalue weighted by Crippen LogP contribution is -2.44. The van der Waals surface area contributed by atoms with E-state index in [9.17, 15) is 9.59 Å². The van der Waals surface area contributed by atoms with Crippen LogP contribution in [-0.2, 0) is 9.59 Å². The quantitative estimate of drug-likeness (QED) is 0.360. The fourth-order valence-corrected chi connectivity index (χ4v) is 3.82. The Morgan fingerprint density at radius 1 is 1.06 bits per heavy atom. The van der Waals surface area contributed by atoms with E-state index >= 15 is 0 Å². The summed E-state index contributed by atoms with van der Waals surface area (Å²) >= 11 is 5.45. The van der Waals surface area contributed by atoms with Crippen LogP contribution < -0.4 is 21.1 Å². The lowest BCUT2D eigenvalue weighted by Gasteiger charge is -2.31. The van der Waals surface area contributed by atoms with Crippen LogP contribution in [0.1, 0.15) is 72.3 Å². The van der Waals surface area contributed by atoms with Gasteiger partial charge in [0.1, 0.15) is 5.78 Å². The number of rotatable bonds is 10. The lowest BCUT2D eigenvalue weighted by molar-refractivity contribution is -0.122. The van der Waals surface area contributed by atoms with Crippen molar-refractivity contribution < 1.29 is 9.59 Å². The fourth-order valence-electron chi connectivity index (χ4n) is 3.66. The number of hydrazine groups is 1. The van der Waals surface area contributed by atoms with E-state index in [1.807, 2.05) is 0 Å². The molecule has 2 rings (SSSR count). The number of Topliss-reactive ketones (excluding diaryl/α,β-unsaturated/α-hetero) is 1. The van der Waals surface area contributed by atoms with Gasteiger partial charge in [-0.2, -0.15) is 0 Å². The second kappa shape index (κ2) is 11.5. The van der Waals surface area contributed by atoms with Gasteiger partial charge in [-0.1, -0.05) is 40.7 Å². The number of benzene rings is 1. The molecule has 1 fully saturated rings. The molecule has 3 N–H and O–H groups in total. The summed E-state index contributed by atoms with van der Waals surface area (Å²) in [5.74, 6) is 1.39. The van der Waals surface area contributed by atoms with Crippen LogP contribution in [0.5, 0.6) is 0 Å². The van der Waals surface area contributed by atoms with E-state index in [-0.39, 0.29) is 23.5 Å². The van der Waals surface area contributed by atoms with Crippen molar-refractivity contribution in [1.29, 1.82) is 0 Å². The van der Waals surface area contributed by atoms with Crippen LogP contribution in [0.15, 0.2) is 18.2 Å². The van der Waals surface area contributed by atoms with Crippen molar-refractivity contribution in [3.8, 4) is 0 Å². The molecule has 6 nitrogen and oxygen atoms in total. The van der Waals surface area contributed by atoms with Gasteiger partial charge in [0, 0.05) is 25.4 Å². The smallest absolute Gasteiger partial charge is 0.241 e. The molecule has 172 valence electrons. The molecule has 31 heavy (non-hydrogen) atoms. The Kier molecular flexibility index (Phi) is 9.29. The molecule has 0 spiro atoms. The van der Waals surface area contributed by atoms with Crippen molar-refractivity contribution >= 4 is 40.4 Å². The molecule has 0 bridgehead atoms. The molecule has 1 aliphatic carbocycles. The van der Waals surface area contributed by atoms with Crippen LogP contribution in [0.2, 0.25) is 0 Å². The van der Waals surface area contributed by atoms with Crippen molar-refractivity contribution in [3.05, 3.63) is 23.8 Å². The van der Waals surface area contributed by atoms with Crippen LogP contribution in [0.3, 0.4) is 0 Å². The van der Waals surface area contributed by atoms with E-state index in [2.05, 4.69) is 73.9 Å². The van der Waals surface area contributed by atoms with Crippen LogP contribution in [0.4, 0.5) is 11.4 Å². The van der Waals surface area contributed by atoms with Gasteiger partial charge in [-0.3, -0.25) is 15.6 Å². The number of ketones is 1.